The number of carbonyl (C=O) groups is 1. The van der Waals surface area contributed by atoms with Gasteiger partial charge in [-0.2, -0.15) is 10.2 Å². The predicted octanol–water partition coefficient (Wildman–Crippen LogP) is 5.24. The van der Waals surface area contributed by atoms with Crippen molar-refractivity contribution >= 4 is 11.8 Å². The number of amides is 2. The van der Waals surface area contributed by atoms with Gasteiger partial charge < -0.3 is 9.73 Å². The number of aromatic nitrogens is 4. The number of urea groups is 1. The largest absolute Gasteiger partial charge is 0.468 e. The zero-order valence-electron chi connectivity index (χ0n) is 22.6. The minimum Gasteiger partial charge on any atom is -0.468 e. The fourth-order valence-corrected chi connectivity index (χ4v) is 5.39. The fraction of sp³-hybridized carbons (Fsp3) is 0.233. The summed E-state index contributed by atoms with van der Waals surface area (Å²) in [6, 6.07) is 16.3. The monoisotopic (exact) mass is 557 g/mol. The van der Waals surface area contributed by atoms with Gasteiger partial charge in [0.05, 0.1) is 30.7 Å². The lowest BCUT2D eigenvalue weighted by atomic mass is 9.94. The molecule has 9 nitrogen and oxygen atoms in total. The van der Waals surface area contributed by atoms with Gasteiger partial charge in [-0.15, -0.1) is 0 Å². The summed E-state index contributed by atoms with van der Waals surface area (Å²) in [7, 11) is 1.83. The number of benzene rings is 2. The molecule has 2 N–H and O–H groups in total. The van der Waals surface area contributed by atoms with E-state index in [1.165, 1.54) is 6.07 Å². The predicted molar refractivity (Wildman–Crippen MR) is 150 cm³/mol. The molecule has 3 aromatic heterocycles. The van der Waals surface area contributed by atoms with Crippen LogP contribution in [0.2, 0.25) is 0 Å². The van der Waals surface area contributed by atoms with Crippen molar-refractivity contribution < 1.29 is 18.0 Å². The van der Waals surface area contributed by atoms with Crippen molar-refractivity contribution in [2.24, 2.45) is 7.05 Å². The van der Waals surface area contributed by atoms with E-state index in [0.29, 0.717) is 36.7 Å². The topological polar surface area (TPSA) is 93.2 Å². The standard InChI is InChI=1S/C30H29F2N7O2/c1-19-28(21-14-33-37(2)15-21)36-39(22-7-4-3-5-8-22)29(19)35-30(40)34-27-18-38(16-23-9-6-12-41-23)17-24(27)20-10-11-25(31)26(32)13-20/h3-15,24,27H,16-18H2,1-2H3,(H2,34,35,40)/t24-,27+/m0/s1. The van der Waals surface area contributed by atoms with Crippen LogP contribution >= 0.6 is 0 Å². The summed E-state index contributed by atoms with van der Waals surface area (Å²) in [6.07, 6.45) is 5.21. The number of likely N-dealkylation sites (tertiary alicyclic amines) is 1. The van der Waals surface area contributed by atoms with Crippen LogP contribution in [0.1, 0.15) is 22.8 Å². The lowest BCUT2D eigenvalue weighted by Gasteiger charge is -2.21. The number of furan rings is 1. The summed E-state index contributed by atoms with van der Waals surface area (Å²) in [6.45, 7) is 3.45. The molecule has 2 amide bonds. The van der Waals surface area contributed by atoms with E-state index >= 15 is 0 Å². The van der Waals surface area contributed by atoms with Crippen LogP contribution in [0.25, 0.3) is 16.9 Å². The minimum absolute atomic E-state index is 0.267. The Morgan fingerprint density at radius 1 is 1.07 bits per heavy atom. The van der Waals surface area contributed by atoms with E-state index < -0.39 is 17.7 Å². The molecule has 210 valence electrons. The van der Waals surface area contributed by atoms with E-state index in [4.69, 9.17) is 9.52 Å². The Hall–Kier alpha value is -4.77. The molecule has 41 heavy (non-hydrogen) atoms. The summed E-state index contributed by atoms with van der Waals surface area (Å²) < 4.78 is 36.8. The minimum atomic E-state index is -0.916. The lowest BCUT2D eigenvalue weighted by molar-refractivity contribution is 0.246. The Kier molecular flexibility index (Phi) is 7.10. The van der Waals surface area contributed by atoms with Crippen LogP contribution in [-0.2, 0) is 13.6 Å². The third kappa shape index (κ3) is 5.48. The number of anilines is 1. The number of hydrogen-bond acceptors (Lipinski definition) is 5. The van der Waals surface area contributed by atoms with Crippen molar-refractivity contribution in [3.8, 4) is 16.9 Å². The average Bonchev–Trinajstić information content (AvgIpc) is 3.76. The number of aryl methyl sites for hydroxylation is 1. The van der Waals surface area contributed by atoms with Crippen LogP contribution in [0.15, 0.2) is 83.7 Å². The summed E-state index contributed by atoms with van der Waals surface area (Å²) in [5.41, 5.74) is 3.69. The maximum atomic E-state index is 14.2. The maximum absolute atomic E-state index is 14.2. The Bertz CT molecular complexity index is 1660. The maximum Gasteiger partial charge on any atom is 0.320 e. The number of carbonyl (C=O) groups excluding carboxylic acids is 1. The van der Waals surface area contributed by atoms with E-state index in [-0.39, 0.29) is 12.0 Å². The fourth-order valence-electron chi connectivity index (χ4n) is 5.39. The van der Waals surface area contributed by atoms with Crippen molar-refractivity contribution in [1.29, 1.82) is 0 Å². The summed E-state index contributed by atoms with van der Waals surface area (Å²) in [4.78, 5) is 15.6. The number of nitrogens with one attached hydrogen (secondary N) is 2. The molecular formula is C30H29F2N7O2. The number of rotatable bonds is 7. The van der Waals surface area contributed by atoms with Crippen molar-refractivity contribution in [2.45, 2.75) is 25.4 Å². The van der Waals surface area contributed by atoms with Crippen molar-refractivity contribution in [2.75, 3.05) is 18.4 Å². The highest BCUT2D eigenvalue weighted by atomic mass is 19.2. The van der Waals surface area contributed by atoms with E-state index in [9.17, 15) is 13.6 Å². The quantitative estimate of drug-likeness (QED) is 0.286. The molecule has 2 atom stereocenters. The first-order valence-corrected chi connectivity index (χ1v) is 13.3. The molecule has 0 spiro atoms. The zero-order valence-corrected chi connectivity index (χ0v) is 22.6. The van der Waals surface area contributed by atoms with Gasteiger partial charge in [0.2, 0.25) is 0 Å². The summed E-state index contributed by atoms with van der Waals surface area (Å²) in [5, 5.41) is 15.2. The van der Waals surface area contributed by atoms with Crippen LogP contribution in [0.3, 0.4) is 0 Å². The SMILES string of the molecule is Cc1c(-c2cnn(C)c2)nn(-c2ccccc2)c1NC(=O)N[C@@H]1CN(Cc2ccco2)C[C@H]1c1ccc(F)c(F)c1. The third-order valence-corrected chi connectivity index (χ3v) is 7.38. The molecule has 4 heterocycles. The Morgan fingerprint density at radius 2 is 1.90 bits per heavy atom. The average molecular weight is 558 g/mol. The number of halogens is 2. The van der Waals surface area contributed by atoms with Gasteiger partial charge >= 0.3 is 6.03 Å². The van der Waals surface area contributed by atoms with Crippen molar-refractivity contribution in [3.05, 3.63) is 108 Å². The first kappa shape index (κ1) is 26.5. The molecule has 1 saturated heterocycles. The highest BCUT2D eigenvalue weighted by molar-refractivity contribution is 5.91. The van der Waals surface area contributed by atoms with Crippen LogP contribution in [0, 0.1) is 18.6 Å². The van der Waals surface area contributed by atoms with Crippen LogP contribution in [-0.4, -0.2) is 49.6 Å². The van der Waals surface area contributed by atoms with E-state index in [0.717, 1.165) is 28.6 Å². The Balaban J connectivity index is 1.28. The van der Waals surface area contributed by atoms with Crippen LogP contribution in [0.4, 0.5) is 19.4 Å². The molecule has 1 aliphatic heterocycles. The van der Waals surface area contributed by atoms with Crippen LogP contribution < -0.4 is 10.6 Å². The van der Waals surface area contributed by atoms with Gasteiger partial charge in [0.15, 0.2) is 11.6 Å². The molecule has 0 unspecified atom stereocenters. The molecule has 0 bridgehead atoms. The van der Waals surface area contributed by atoms with Crippen LogP contribution in [0.5, 0.6) is 0 Å². The van der Waals surface area contributed by atoms with Crippen molar-refractivity contribution in [1.82, 2.24) is 29.8 Å². The van der Waals surface area contributed by atoms with E-state index in [2.05, 4.69) is 20.6 Å². The number of nitrogens with zero attached hydrogens (tertiary/aromatic N) is 5. The highest BCUT2D eigenvalue weighted by Crippen LogP contribution is 2.32. The Morgan fingerprint density at radius 3 is 2.61 bits per heavy atom. The second-order valence-electron chi connectivity index (χ2n) is 10.2. The molecule has 1 aliphatic rings. The molecule has 2 aromatic carbocycles. The zero-order chi connectivity index (χ0) is 28.5. The molecule has 0 saturated carbocycles. The second-order valence-corrected chi connectivity index (χ2v) is 10.2. The number of hydrogen-bond donors (Lipinski definition) is 2. The van der Waals surface area contributed by atoms with Gasteiger partial charge in [0, 0.05) is 43.4 Å². The summed E-state index contributed by atoms with van der Waals surface area (Å²) in [5.74, 6) is -0.792. The van der Waals surface area contributed by atoms with Crippen molar-refractivity contribution in [3.63, 3.8) is 0 Å². The number of para-hydroxylation sites is 1. The molecule has 0 radical (unpaired) electrons. The molecule has 11 heteroatoms. The van der Waals surface area contributed by atoms with E-state index in [1.54, 1.807) is 27.9 Å². The first-order chi connectivity index (χ1) is 19.9. The molecule has 1 fully saturated rings. The van der Waals surface area contributed by atoms with Gasteiger partial charge in [0.1, 0.15) is 17.3 Å². The van der Waals surface area contributed by atoms with Gasteiger partial charge in [0.25, 0.3) is 0 Å². The van der Waals surface area contributed by atoms with Gasteiger partial charge in [-0.25, -0.2) is 18.3 Å². The second kappa shape index (κ2) is 11.0. The smallest absolute Gasteiger partial charge is 0.320 e. The Labute approximate surface area is 235 Å². The normalized spacial score (nSPS) is 17.2. The molecular weight excluding hydrogens is 528 g/mol. The van der Waals surface area contributed by atoms with E-state index in [1.807, 2.05) is 62.6 Å². The third-order valence-electron chi connectivity index (χ3n) is 7.38. The molecule has 6 rings (SSSR count). The lowest BCUT2D eigenvalue weighted by Crippen LogP contribution is -2.42. The first-order valence-electron chi connectivity index (χ1n) is 13.3. The highest BCUT2D eigenvalue weighted by Gasteiger charge is 2.36. The van der Waals surface area contributed by atoms with Gasteiger partial charge in [-0.3, -0.25) is 14.9 Å². The summed E-state index contributed by atoms with van der Waals surface area (Å²) >= 11 is 0. The van der Waals surface area contributed by atoms with Gasteiger partial charge in [-0.05, 0) is 48.9 Å². The molecule has 5 aromatic rings. The molecule has 0 aliphatic carbocycles. The van der Waals surface area contributed by atoms with Gasteiger partial charge in [-0.1, -0.05) is 24.3 Å².